The van der Waals surface area contributed by atoms with Gasteiger partial charge in [0.05, 0.1) is 13.2 Å². The summed E-state index contributed by atoms with van der Waals surface area (Å²) in [7, 11) is 0. The van der Waals surface area contributed by atoms with Gasteiger partial charge in [0, 0.05) is 12.8 Å². The molecule has 0 aromatic carbocycles. The second kappa shape index (κ2) is 4.89. The van der Waals surface area contributed by atoms with Crippen molar-refractivity contribution in [2.45, 2.75) is 64.1 Å². The van der Waals surface area contributed by atoms with E-state index in [9.17, 15) is 0 Å². The Balaban J connectivity index is 1.59. The Morgan fingerprint density at radius 1 is 1.00 bits per heavy atom. The van der Waals surface area contributed by atoms with E-state index in [-0.39, 0.29) is 5.79 Å². The second-order valence-corrected chi connectivity index (χ2v) is 6.33. The Morgan fingerprint density at radius 2 is 1.59 bits per heavy atom. The minimum Gasteiger partial charge on any atom is -0.348 e. The number of fused-ring (bicyclic) bond motifs is 1. The lowest BCUT2D eigenvalue weighted by molar-refractivity contribution is -0.166. The van der Waals surface area contributed by atoms with Gasteiger partial charge in [-0.3, -0.25) is 0 Å². The van der Waals surface area contributed by atoms with E-state index >= 15 is 0 Å². The Hall–Kier alpha value is -0.0800. The molecule has 0 N–H and O–H groups in total. The SMILES string of the molecule is CCCC1C[C@H]2CCC3(CC[C@H]2C1)OCCO3. The summed E-state index contributed by atoms with van der Waals surface area (Å²) in [5.41, 5.74) is 0. The first-order chi connectivity index (χ1) is 8.31. The summed E-state index contributed by atoms with van der Waals surface area (Å²) in [5, 5.41) is 0. The molecule has 0 aromatic heterocycles. The van der Waals surface area contributed by atoms with Crippen LogP contribution in [0.5, 0.6) is 0 Å². The van der Waals surface area contributed by atoms with E-state index in [0.29, 0.717) is 0 Å². The van der Waals surface area contributed by atoms with Crippen molar-refractivity contribution in [3.8, 4) is 0 Å². The first kappa shape index (κ1) is 12.0. The van der Waals surface area contributed by atoms with Gasteiger partial charge in [0.2, 0.25) is 0 Å². The summed E-state index contributed by atoms with van der Waals surface area (Å²) in [6.45, 7) is 3.95. The zero-order valence-corrected chi connectivity index (χ0v) is 11.1. The number of hydrogen-bond acceptors (Lipinski definition) is 2. The van der Waals surface area contributed by atoms with Crippen molar-refractivity contribution < 1.29 is 9.47 Å². The molecule has 3 aliphatic rings. The van der Waals surface area contributed by atoms with E-state index in [4.69, 9.17) is 9.47 Å². The first-order valence-corrected chi connectivity index (χ1v) is 7.59. The molecule has 2 saturated carbocycles. The van der Waals surface area contributed by atoms with E-state index in [2.05, 4.69) is 6.92 Å². The molecular formula is C15H26O2. The maximum atomic E-state index is 5.88. The molecule has 0 radical (unpaired) electrons. The van der Waals surface area contributed by atoms with Crippen molar-refractivity contribution in [1.29, 1.82) is 0 Å². The molecule has 2 nitrogen and oxygen atoms in total. The zero-order chi connectivity index (χ0) is 11.7. The zero-order valence-electron chi connectivity index (χ0n) is 11.1. The Bertz CT molecular complexity index is 240. The van der Waals surface area contributed by atoms with Gasteiger partial charge in [-0.2, -0.15) is 0 Å². The molecule has 17 heavy (non-hydrogen) atoms. The van der Waals surface area contributed by atoms with Crippen LogP contribution in [-0.2, 0) is 9.47 Å². The van der Waals surface area contributed by atoms with Crippen molar-refractivity contribution in [3.05, 3.63) is 0 Å². The molecule has 0 aromatic rings. The molecule has 0 amide bonds. The summed E-state index contributed by atoms with van der Waals surface area (Å²) in [5.74, 6) is 2.80. The fourth-order valence-electron chi connectivity index (χ4n) is 4.41. The standard InChI is InChI=1S/C15H26O2/c1-2-3-12-10-13-4-6-15(16-8-9-17-15)7-5-14(13)11-12/h12-14H,2-11H2,1H3/t12?,13-,14+. The quantitative estimate of drug-likeness (QED) is 0.729. The molecule has 3 rings (SSSR count). The smallest absolute Gasteiger partial charge is 0.168 e. The third-order valence-electron chi connectivity index (χ3n) is 5.24. The second-order valence-electron chi connectivity index (χ2n) is 6.33. The van der Waals surface area contributed by atoms with Crippen LogP contribution in [0.3, 0.4) is 0 Å². The summed E-state index contributed by atoms with van der Waals surface area (Å²) in [4.78, 5) is 0. The van der Waals surface area contributed by atoms with Crippen LogP contribution in [0.15, 0.2) is 0 Å². The third-order valence-corrected chi connectivity index (χ3v) is 5.24. The van der Waals surface area contributed by atoms with Crippen molar-refractivity contribution in [3.63, 3.8) is 0 Å². The molecule has 3 fully saturated rings. The molecule has 3 atom stereocenters. The topological polar surface area (TPSA) is 18.5 Å². The van der Waals surface area contributed by atoms with Crippen LogP contribution in [-0.4, -0.2) is 19.0 Å². The highest BCUT2D eigenvalue weighted by Gasteiger charge is 2.43. The fourth-order valence-corrected chi connectivity index (χ4v) is 4.41. The highest BCUT2D eigenvalue weighted by molar-refractivity contribution is 4.90. The normalized spacial score (nSPS) is 40.4. The van der Waals surface area contributed by atoms with E-state index in [0.717, 1.165) is 43.8 Å². The lowest BCUT2D eigenvalue weighted by Crippen LogP contribution is -2.29. The monoisotopic (exact) mass is 238 g/mol. The highest BCUT2D eigenvalue weighted by atomic mass is 16.7. The van der Waals surface area contributed by atoms with Crippen LogP contribution in [0.2, 0.25) is 0 Å². The van der Waals surface area contributed by atoms with Gasteiger partial charge in [0.1, 0.15) is 0 Å². The minimum absolute atomic E-state index is 0.162. The van der Waals surface area contributed by atoms with E-state index in [1.165, 1.54) is 38.5 Å². The summed E-state index contributed by atoms with van der Waals surface area (Å²) >= 11 is 0. The van der Waals surface area contributed by atoms with Crippen LogP contribution in [0.25, 0.3) is 0 Å². The average Bonchev–Trinajstić information content (AvgIpc) is 2.88. The molecule has 1 heterocycles. The lowest BCUT2D eigenvalue weighted by Gasteiger charge is -2.26. The van der Waals surface area contributed by atoms with Crippen LogP contribution in [0.4, 0.5) is 0 Å². The summed E-state index contributed by atoms with van der Waals surface area (Å²) in [6.07, 6.45) is 10.7. The van der Waals surface area contributed by atoms with Gasteiger partial charge >= 0.3 is 0 Å². The molecule has 2 aliphatic carbocycles. The van der Waals surface area contributed by atoms with Gasteiger partial charge in [0.25, 0.3) is 0 Å². The van der Waals surface area contributed by atoms with Gasteiger partial charge in [-0.25, -0.2) is 0 Å². The molecule has 1 unspecified atom stereocenters. The molecule has 0 bridgehead atoms. The highest BCUT2D eigenvalue weighted by Crippen LogP contribution is 2.48. The largest absolute Gasteiger partial charge is 0.348 e. The first-order valence-electron chi connectivity index (χ1n) is 7.59. The molecule has 98 valence electrons. The summed E-state index contributed by atoms with van der Waals surface area (Å²) < 4.78 is 11.8. The van der Waals surface area contributed by atoms with Crippen molar-refractivity contribution in [1.82, 2.24) is 0 Å². The fraction of sp³-hybridized carbons (Fsp3) is 1.00. The lowest BCUT2D eigenvalue weighted by atomic mass is 9.92. The van der Waals surface area contributed by atoms with Crippen molar-refractivity contribution >= 4 is 0 Å². The van der Waals surface area contributed by atoms with Gasteiger partial charge in [-0.05, 0) is 43.4 Å². The molecule has 1 aliphatic heterocycles. The van der Waals surface area contributed by atoms with Crippen LogP contribution in [0.1, 0.15) is 58.3 Å². The number of rotatable bonds is 2. The Kier molecular flexibility index (Phi) is 3.45. The van der Waals surface area contributed by atoms with Gasteiger partial charge in [-0.1, -0.05) is 19.8 Å². The minimum atomic E-state index is -0.162. The summed E-state index contributed by atoms with van der Waals surface area (Å²) in [6, 6.07) is 0. The maximum absolute atomic E-state index is 5.88. The van der Waals surface area contributed by atoms with Gasteiger partial charge < -0.3 is 9.47 Å². The number of ether oxygens (including phenoxy) is 2. The van der Waals surface area contributed by atoms with E-state index < -0.39 is 0 Å². The van der Waals surface area contributed by atoms with Crippen LogP contribution >= 0.6 is 0 Å². The Morgan fingerprint density at radius 3 is 2.12 bits per heavy atom. The maximum Gasteiger partial charge on any atom is 0.168 e. The van der Waals surface area contributed by atoms with E-state index in [1.807, 2.05) is 0 Å². The van der Waals surface area contributed by atoms with Crippen LogP contribution < -0.4 is 0 Å². The Labute approximate surface area is 105 Å². The van der Waals surface area contributed by atoms with E-state index in [1.54, 1.807) is 0 Å². The van der Waals surface area contributed by atoms with Gasteiger partial charge in [0.15, 0.2) is 5.79 Å². The predicted molar refractivity (Wildman–Crippen MR) is 67.7 cm³/mol. The van der Waals surface area contributed by atoms with Crippen LogP contribution in [0, 0.1) is 17.8 Å². The van der Waals surface area contributed by atoms with Crippen molar-refractivity contribution in [2.75, 3.05) is 13.2 Å². The number of hydrogen-bond donors (Lipinski definition) is 0. The molecule has 1 spiro atoms. The average molecular weight is 238 g/mol. The van der Waals surface area contributed by atoms with Gasteiger partial charge in [-0.15, -0.1) is 0 Å². The van der Waals surface area contributed by atoms with Crippen molar-refractivity contribution in [2.24, 2.45) is 17.8 Å². The molecule has 1 saturated heterocycles. The molecule has 2 heteroatoms. The third kappa shape index (κ3) is 2.39. The molecular weight excluding hydrogens is 212 g/mol. The predicted octanol–water partition coefficient (Wildman–Crippen LogP) is 3.75.